The molecule has 0 fully saturated rings. The van der Waals surface area contributed by atoms with Crippen molar-refractivity contribution in [1.82, 2.24) is 14.8 Å². The summed E-state index contributed by atoms with van der Waals surface area (Å²) in [6.45, 7) is 0.859. The van der Waals surface area contributed by atoms with Crippen molar-refractivity contribution in [1.29, 1.82) is 0 Å². The summed E-state index contributed by atoms with van der Waals surface area (Å²) in [4.78, 5) is 14.7. The second kappa shape index (κ2) is 7.66. The molecule has 0 amide bonds. The zero-order valence-electron chi connectivity index (χ0n) is 12.9. The Kier molecular flexibility index (Phi) is 5.13. The summed E-state index contributed by atoms with van der Waals surface area (Å²) in [6.07, 6.45) is 3.88. The second-order valence-corrected chi connectivity index (χ2v) is 5.67. The van der Waals surface area contributed by atoms with Crippen LogP contribution in [-0.4, -0.2) is 14.8 Å². The van der Waals surface area contributed by atoms with E-state index in [-0.39, 0.29) is 5.69 Å². The van der Waals surface area contributed by atoms with Crippen LogP contribution in [-0.2, 0) is 13.1 Å². The fraction of sp³-hybridized carbons (Fsp3) is 0.111. The smallest absolute Gasteiger partial charge is 0.343 e. The van der Waals surface area contributed by atoms with Crippen LogP contribution >= 0.6 is 11.6 Å². The minimum absolute atomic E-state index is 0.222. The van der Waals surface area contributed by atoms with Gasteiger partial charge in [0.15, 0.2) is 0 Å². The van der Waals surface area contributed by atoms with Gasteiger partial charge in [-0.2, -0.15) is 5.10 Å². The van der Waals surface area contributed by atoms with Crippen LogP contribution in [0.5, 0.6) is 0 Å². The molecule has 0 saturated carbocycles. The van der Waals surface area contributed by atoms with Gasteiger partial charge in [-0.3, -0.25) is 4.98 Å². The van der Waals surface area contributed by atoms with Crippen molar-refractivity contribution < 1.29 is 0 Å². The normalized spacial score (nSPS) is 11.0. The maximum Gasteiger partial charge on any atom is 0.343 e. The molecule has 1 heterocycles. The van der Waals surface area contributed by atoms with Gasteiger partial charge < -0.3 is 5.32 Å². The van der Waals surface area contributed by atoms with Crippen molar-refractivity contribution in [3.05, 3.63) is 87.6 Å². The first kappa shape index (κ1) is 16.1. The van der Waals surface area contributed by atoms with Gasteiger partial charge in [0.2, 0.25) is 0 Å². The van der Waals surface area contributed by atoms with Crippen molar-refractivity contribution in [2.24, 2.45) is 0 Å². The first-order valence-corrected chi connectivity index (χ1v) is 7.95. The highest BCUT2D eigenvalue weighted by Crippen LogP contribution is 2.13. The maximum atomic E-state index is 11.9. The minimum Gasteiger partial charge on any atom is -0.378 e. The van der Waals surface area contributed by atoms with Gasteiger partial charge in [0.05, 0.1) is 13.1 Å². The van der Waals surface area contributed by atoms with E-state index in [4.69, 9.17) is 11.6 Å². The Morgan fingerprint density at radius 2 is 1.88 bits per heavy atom. The number of nitrogens with zero attached hydrogens (tertiary/aromatic N) is 2. The summed E-state index contributed by atoms with van der Waals surface area (Å²) in [6, 6.07) is 17.3. The zero-order valence-corrected chi connectivity index (χ0v) is 13.7. The molecule has 0 aliphatic heterocycles. The van der Waals surface area contributed by atoms with Gasteiger partial charge in [-0.15, -0.1) is 0 Å². The summed E-state index contributed by atoms with van der Waals surface area (Å²) < 4.78 is 1.40. The quantitative estimate of drug-likeness (QED) is 0.721. The Morgan fingerprint density at radius 3 is 2.62 bits per heavy atom. The van der Waals surface area contributed by atoms with Crippen LogP contribution in [0.2, 0.25) is 5.02 Å². The fourth-order valence-electron chi connectivity index (χ4n) is 2.21. The van der Waals surface area contributed by atoms with Gasteiger partial charge in [-0.05, 0) is 29.8 Å². The van der Waals surface area contributed by atoms with E-state index in [0.29, 0.717) is 23.9 Å². The number of H-pyrrole nitrogens is 1. The number of hydrogen-bond donors (Lipinski definition) is 2. The predicted octanol–water partition coefficient (Wildman–Crippen LogP) is 3.55. The maximum absolute atomic E-state index is 11.9. The molecule has 5 nitrogen and oxygen atoms in total. The van der Waals surface area contributed by atoms with E-state index in [1.807, 2.05) is 54.6 Å². The summed E-state index contributed by atoms with van der Waals surface area (Å²) >= 11 is 5.85. The summed E-state index contributed by atoms with van der Waals surface area (Å²) in [5.74, 6) is 0.586. The average Bonchev–Trinajstić information content (AvgIpc) is 2.95. The van der Waals surface area contributed by atoms with E-state index in [1.165, 1.54) is 4.68 Å². The van der Waals surface area contributed by atoms with Gasteiger partial charge in [0.25, 0.3) is 0 Å². The molecule has 0 spiro atoms. The highest BCUT2D eigenvalue weighted by atomic mass is 35.5. The molecule has 0 aliphatic rings. The van der Waals surface area contributed by atoms with Gasteiger partial charge in [0.1, 0.15) is 5.82 Å². The molecular weight excluding hydrogens is 324 g/mol. The Labute approximate surface area is 144 Å². The van der Waals surface area contributed by atoms with Crippen molar-refractivity contribution in [3.63, 3.8) is 0 Å². The Balaban J connectivity index is 1.59. The number of allylic oxidation sites excluding steroid dienone is 1. The van der Waals surface area contributed by atoms with E-state index in [0.717, 1.165) is 11.3 Å². The average molecular weight is 341 g/mol. The third-order valence-corrected chi connectivity index (χ3v) is 3.67. The van der Waals surface area contributed by atoms with Crippen LogP contribution in [0.3, 0.4) is 0 Å². The van der Waals surface area contributed by atoms with Crippen molar-refractivity contribution in [3.8, 4) is 0 Å². The van der Waals surface area contributed by atoms with Gasteiger partial charge >= 0.3 is 5.69 Å². The molecule has 0 aliphatic carbocycles. The first-order chi connectivity index (χ1) is 11.7. The molecule has 0 bridgehead atoms. The number of rotatable bonds is 6. The Bertz CT molecular complexity index is 866. The van der Waals surface area contributed by atoms with Crippen LogP contribution < -0.4 is 11.0 Å². The first-order valence-electron chi connectivity index (χ1n) is 7.58. The third-order valence-electron chi connectivity index (χ3n) is 3.42. The fourth-order valence-corrected chi connectivity index (χ4v) is 2.34. The van der Waals surface area contributed by atoms with E-state index in [9.17, 15) is 4.79 Å². The number of aromatic nitrogens is 3. The van der Waals surface area contributed by atoms with E-state index < -0.39 is 0 Å². The van der Waals surface area contributed by atoms with Gasteiger partial charge in [-0.25, -0.2) is 9.48 Å². The van der Waals surface area contributed by atoms with Crippen LogP contribution in [0.4, 0.5) is 5.69 Å². The molecule has 2 aromatic carbocycles. The Morgan fingerprint density at radius 1 is 1.12 bits per heavy atom. The molecule has 6 heteroatoms. The summed E-state index contributed by atoms with van der Waals surface area (Å²) in [7, 11) is 0. The van der Waals surface area contributed by atoms with Crippen molar-refractivity contribution in [2.45, 2.75) is 13.1 Å². The predicted molar refractivity (Wildman–Crippen MR) is 97.1 cm³/mol. The SMILES string of the molecule is O=c1[nH]c(CNc2ccc(Cl)cc2)nn1C/C=C/c1ccccc1. The molecule has 3 aromatic rings. The minimum atomic E-state index is -0.222. The lowest BCUT2D eigenvalue weighted by molar-refractivity contribution is 0.665. The zero-order chi connectivity index (χ0) is 16.8. The molecular formula is C18H17ClN4O. The van der Waals surface area contributed by atoms with Crippen LogP contribution in [0.15, 0.2) is 65.5 Å². The summed E-state index contributed by atoms with van der Waals surface area (Å²) in [5, 5.41) is 8.15. The molecule has 2 N–H and O–H groups in total. The molecule has 24 heavy (non-hydrogen) atoms. The number of aromatic amines is 1. The molecule has 0 saturated heterocycles. The van der Waals surface area contributed by atoms with Crippen molar-refractivity contribution in [2.75, 3.05) is 5.32 Å². The van der Waals surface area contributed by atoms with E-state index in [1.54, 1.807) is 12.1 Å². The van der Waals surface area contributed by atoms with Gasteiger partial charge in [0, 0.05) is 10.7 Å². The number of anilines is 1. The molecule has 0 radical (unpaired) electrons. The number of halogens is 1. The molecule has 122 valence electrons. The molecule has 1 aromatic heterocycles. The third kappa shape index (κ3) is 4.36. The molecule has 3 rings (SSSR count). The topological polar surface area (TPSA) is 62.7 Å². The van der Waals surface area contributed by atoms with Crippen LogP contribution in [0, 0.1) is 0 Å². The lowest BCUT2D eigenvalue weighted by atomic mass is 10.2. The lowest BCUT2D eigenvalue weighted by Crippen LogP contribution is -2.16. The summed E-state index contributed by atoms with van der Waals surface area (Å²) in [5.41, 5.74) is 1.78. The van der Waals surface area contributed by atoms with E-state index >= 15 is 0 Å². The highest BCUT2D eigenvalue weighted by Gasteiger charge is 2.03. The van der Waals surface area contributed by atoms with Crippen LogP contribution in [0.25, 0.3) is 6.08 Å². The number of nitrogens with one attached hydrogen (secondary N) is 2. The molecule has 0 unspecified atom stereocenters. The number of benzene rings is 2. The van der Waals surface area contributed by atoms with E-state index in [2.05, 4.69) is 15.4 Å². The van der Waals surface area contributed by atoms with Gasteiger partial charge in [-0.1, -0.05) is 54.1 Å². The highest BCUT2D eigenvalue weighted by molar-refractivity contribution is 6.30. The standard InChI is InChI=1S/C18H17ClN4O/c19-15-8-10-16(11-9-15)20-13-17-21-18(24)23(22-17)12-4-7-14-5-2-1-3-6-14/h1-11,20H,12-13H2,(H,21,22,24)/b7-4+. The largest absolute Gasteiger partial charge is 0.378 e. The lowest BCUT2D eigenvalue weighted by Gasteiger charge is -2.03. The monoisotopic (exact) mass is 340 g/mol. The molecule has 0 atom stereocenters. The van der Waals surface area contributed by atoms with Crippen molar-refractivity contribution >= 4 is 23.4 Å². The number of hydrogen-bond acceptors (Lipinski definition) is 3. The second-order valence-electron chi connectivity index (χ2n) is 5.23. The Hall–Kier alpha value is -2.79. The van der Waals surface area contributed by atoms with Crippen LogP contribution in [0.1, 0.15) is 11.4 Å².